The van der Waals surface area contributed by atoms with Crippen LogP contribution in [-0.4, -0.2) is 49.2 Å². The van der Waals surface area contributed by atoms with Gasteiger partial charge in [0.2, 0.25) is 5.91 Å². The zero-order valence-electron chi connectivity index (χ0n) is 21.5. The van der Waals surface area contributed by atoms with Crippen molar-refractivity contribution in [3.05, 3.63) is 70.3 Å². The van der Waals surface area contributed by atoms with E-state index in [-0.39, 0.29) is 11.8 Å². The number of hydrogen-bond acceptors (Lipinski definition) is 4. The average Bonchev–Trinajstić information content (AvgIpc) is 3.00. The topological polar surface area (TPSA) is 53.0 Å². The van der Waals surface area contributed by atoms with Crippen LogP contribution in [0.15, 0.2) is 48.6 Å². The Balaban J connectivity index is 1.80. The second kappa shape index (κ2) is 13.0. The van der Waals surface area contributed by atoms with E-state index in [1.54, 1.807) is 18.7 Å². The molecule has 0 saturated carbocycles. The first-order valence-electron chi connectivity index (χ1n) is 12.6. The number of carbonyl (C=O) groups excluding carboxylic acids is 1. The lowest BCUT2D eigenvalue weighted by molar-refractivity contribution is -0.127. The summed E-state index contributed by atoms with van der Waals surface area (Å²) >= 11 is 6.33. The summed E-state index contributed by atoms with van der Waals surface area (Å²) in [6.45, 7) is 8.51. The molecule has 190 valence electrons. The van der Waals surface area contributed by atoms with Crippen molar-refractivity contribution in [3.8, 4) is 5.75 Å². The molecule has 1 aliphatic heterocycles. The van der Waals surface area contributed by atoms with Gasteiger partial charge in [0.15, 0.2) is 0 Å². The third-order valence-corrected chi connectivity index (χ3v) is 6.87. The highest BCUT2D eigenvalue weighted by atomic mass is 35.5. The molecule has 2 aromatic rings. The monoisotopic (exact) mass is 498 g/mol. The second-order valence-electron chi connectivity index (χ2n) is 9.46. The molecule has 0 aromatic heterocycles. The molecule has 1 heterocycles. The highest BCUT2D eigenvalue weighted by Gasteiger charge is 2.26. The maximum atomic E-state index is 11.4. The average molecular weight is 499 g/mol. The fourth-order valence-electron chi connectivity index (χ4n) is 4.51. The van der Waals surface area contributed by atoms with Crippen LogP contribution in [0.1, 0.15) is 68.7 Å². The largest absolute Gasteiger partial charge is 0.491 e. The van der Waals surface area contributed by atoms with Gasteiger partial charge in [0, 0.05) is 44.5 Å². The van der Waals surface area contributed by atoms with E-state index in [1.165, 1.54) is 11.1 Å². The Labute approximate surface area is 215 Å². The van der Waals surface area contributed by atoms with Crippen LogP contribution in [0.5, 0.6) is 5.75 Å². The lowest BCUT2D eigenvalue weighted by Crippen LogP contribution is -2.30. The molecule has 0 bridgehead atoms. The summed E-state index contributed by atoms with van der Waals surface area (Å²) < 4.78 is 6.33. The van der Waals surface area contributed by atoms with Crippen molar-refractivity contribution >= 4 is 23.2 Å². The number of anilines is 1. The molecule has 1 aliphatic rings. The Morgan fingerprint density at radius 1 is 1.29 bits per heavy atom. The number of fused-ring (bicyclic) bond motifs is 1. The first-order valence-corrected chi connectivity index (χ1v) is 13.0. The highest BCUT2D eigenvalue weighted by molar-refractivity contribution is 6.30. The molecule has 0 spiro atoms. The van der Waals surface area contributed by atoms with Gasteiger partial charge in [-0.3, -0.25) is 4.79 Å². The number of halogens is 1. The number of nitrogens with zero attached hydrogens (tertiary/aromatic N) is 2. The summed E-state index contributed by atoms with van der Waals surface area (Å²) in [5, 5.41) is 11.0. The van der Waals surface area contributed by atoms with Gasteiger partial charge in [-0.25, -0.2) is 0 Å². The van der Waals surface area contributed by atoms with Crippen LogP contribution in [0.4, 0.5) is 5.69 Å². The Hall–Kier alpha value is -2.50. The number of carbonyl (C=O) groups is 1. The van der Waals surface area contributed by atoms with Gasteiger partial charge in [-0.1, -0.05) is 49.2 Å². The molecular weight excluding hydrogens is 460 g/mol. The standard InChI is InChI=1S/C29H39ClN2O3/c1-5-10-24-17-26(30)12-13-27(24)25-19-32(16-9-7-6-8-15-31(4)22(3)34)28-18-23(21(2)33)11-14-29(28)35-20-25/h6,8,11-14,17-18,21,25,33H,5,7,9-10,15-16,19-20H2,1-4H3/b8-6+. The van der Waals surface area contributed by atoms with Crippen molar-refractivity contribution in [1.29, 1.82) is 0 Å². The predicted octanol–water partition coefficient (Wildman–Crippen LogP) is 6.14. The molecule has 0 radical (unpaired) electrons. The Morgan fingerprint density at radius 3 is 2.80 bits per heavy atom. The van der Waals surface area contributed by atoms with Gasteiger partial charge in [0.25, 0.3) is 0 Å². The fourth-order valence-corrected chi connectivity index (χ4v) is 4.70. The summed E-state index contributed by atoms with van der Waals surface area (Å²) in [5.74, 6) is 1.15. The van der Waals surface area contributed by atoms with E-state index < -0.39 is 6.10 Å². The van der Waals surface area contributed by atoms with Crippen molar-refractivity contribution < 1.29 is 14.6 Å². The summed E-state index contributed by atoms with van der Waals surface area (Å²) in [6, 6.07) is 12.2. The second-order valence-corrected chi connectivity index (χ2v) is 9.90. The van der Waals surface area contributed by atoms with E-state index in [2.05, 4.69) is 42.2 Å². The molecule has 2 aromatic carbocycles. The zero-order valence-corrected chi connectivity index (χ0v) is 22.2. The molecule has 6 heteroatoms. The predicted molar refractivity (Wildman–Crippen MR) is 145 cm³/mol. The quantitative estimate of drug-likeness (QED) is 0.315. The summed E-state index contributed by atoms with van der Waals surface area (Å²) in [4.78, 5) is 15.5. The minimum atomic E-state index is -0.533. The molecular formula is C29H39ClN2O3. The minimum absolute atomic E-state index is 0.0698. The molecule has 3 rings (SSSR count). The molecule has 0 fully saturated rings. The maximum Gasteiger partial charge on any atom is 0.219 e. The highest BCUT2D eigenvalue weighted by Crippen LogP contribution is 2.38. The van der Waals surface area contributed by atoms with Crippen LogP contribution >= 0.6 is 11.6 Å². The van der Waals surface area contributed by atoms with Crippen LogP contribution in [0.25, 0.3) is 0 Å². The van der Waals surface area contributed by atoms with E-state index in [0.29, 0.717) is 13.2 Å². The SMILES string of the molecule is CCCc1cc(Cl)ccc1C1COc2ccc(C(C)O)cc2N(CCC/C=C/CN(C)C(C)=O)C1. The van der Waals surface area contributed by atoms with Gasteiger partial charge in [-0.05, 0) is 67.1 Å². The van der Waals surface area contributed by atoms with Crippen molar-refractivity contribution in [2.75, 3.05) is 38.2 Å². The molecule has 2 atom stereocenters. The Bertz CT molecular complexity index is 1020. The van der Waals surface area contributed by atoms with Crippen LogP contribution in [-0.2, 0) is 11.2 Å². The summed E-state index contributed by atoms with van der Waals surface area (Å²) in [7, 11) is 1.81. The zero-order chi connectivity index (χ0) is 25.4. The van der Waals surface area contributed by atoms with Crippen LogP contribution < -0.4 is 9.64 Å². The number of aryl methyl sites for hydroxylation is 1. The van der Waals surface area contributed by atoms with Gasteiger partial charge in [-0.15, -0.1) is 0 Å². The third kappa shape index (κ3) is 7.49. The van der Waals surface area contributed by atoms with Gasteiger partial charge < -0.3 is 19.6 Å². The van der Waals surface area contributed by atoms with Crippen molar-refractivity contribution in [2.24, 2.45) is 0 Å². The third-order valence-electron chi connectivity index (χ3n) is 6.63. The summed E-state index contributed by atoms with van der Waals surface area (Å²) in [5.41, 5.74) is 4.53. The van der Waals surface area contributed by atoms with Crippen LogP contribution in [0.2, 0.25) is 5.02 Å². The van der Waals surface area contributed by atoms with Crippen molar-refractivity contribution in [3.63, 3.8) is 0 Å². The number of likely N-dealkylation sites (N-methyl/N-ethyl adjacent to an activating group) is 1. The Morgan fingerprint density at radius 2 is 2.09 bits per heavy atom. The lowest BCUT2D eigenvalue weighted by Gasteiger charge is -2.28. The first kappa shape index (κ1) is 27.1. The molecule has 5 nitrogen and oxygen atoms in total. The normalized spacial score (nSPS) is 16.5. The molecule has 0 aliphatic carbocycles. The number of benzene rings is 2. The van der Waals surface area contributed by atoms with Crippen LogP contribution in [0.3, 0.4) is 0 Å². The van der Waals surface area contributed by atoms with E-state index in [1.807, 2.05) is 25.2 Å². The first-order chi connectivity index (χ1) is 16.8. The maximum absolute atomic E-state index is 11.4. The molecule has 35 heavy (non-hydrogen) atoms. The van der Waals surface area contributed by atoms with Gasteiger partial charge in [-0.2, -0.15) is 0 Å². The molecule has 0 saturated heterocycles. The smallest absolute Gasteiger partial charge is 0.219 e. The van der Waals surface area contributed by atoms with E-state index in [0.717, 1.165) is 60.8 Å². The van der Waals surface area contributed by atoms with Gasteiger partial charge in [0.05, 0.1) is 18.4 Å². The fraction of sp³-hybridized carbons (Fsp3) is 0.483. The van der Waals surface area contributed by atoms with Crippen molar-refractivity contribution in [1.82, 2.24) is 4.90 Å². The van der Waals surface area contributed by atoms with Crippen molar-refractivity contribution in [2.45, 2.75) is 58.5 Å². The summed E-state index contributed by atoms with van der Waals surface area (Å²) in [6.07, 6.45) is 7.64. The molecule has 1 N–H and O–H groups in total. The van der Waals surface area contributed by atoms with Crippen LogP contribution in [0, 0.1) is 0 Å². The number of allylic oxidation sites excluding steroid dienone is 1. The molecule has 2 unspecified atom stereocenters. The van der Waals surface area contributed by atoms with E-state index in [9.17, 15) is 9.90 Å². The lowest BCUT2D eigenvalue weighted by atomic mass is 9.92. The van der Waals surface area contributed by atoms with E-state index in [4.69, 9.17) is 16.3 Å². The number of aliphatic hydroxyl groups excluding tert-OH is 1. The number of rotatable bonds is 10. The van der Waals surface area contributed by atoms with Gasteiger partial charge >= 0.3 is 0 Å². The molecule has 1 amide bonds. The number of aliphatic hydroxyl groups is 1. The Kier molecular flexibility index (Phi) is 10.1. The number of ether oxygens (including phenoxy) is 1. The van der Waals surface area contributed by atoms with Gasteiger partial charge in [0.1, 0.15) is 5.75 Å². The minimum Gasteiger partial charge on any atom is -0.491 e. The van der Waals surface area contributed by atoms with E-state index >= 15 is 0 Å². The number of unbranched alkanes of at least 4 members (excludes halogenated alkanes) is 1. The number of amides is 1. The number of hydrogen-bond donors (Lipinski definition) is 1.